The van der Waals surface area contributed by atoms with Gasteiger partial charge >= 0.3 is 0 Å². The quantitative estimate of drug-likeness (QED) is 0.208. The summed E-state index contributed by atoms with van der Waals surface area (Å²) in [6.07, 6.45) is 3.64. The number of nitrogens with zero attached hydrogens (tertiary/aromatic N) is 1. The van der Waals surface area contributed by atoms with Crippen LogP contribution in [0.3, 0.4) is 0 Å². The lowest BCUT2D eigenvalue weighted by Gasteiger charge is -2.05. The molecule has 0 aromatic carbocycles. The van der Waals surface area contributed by atoms with Crippen LogP contribution < -0.4 is 5.73 Å². The van der Waals surface area contributed by atoms with Crippen LogP contribution in [0.4, 0.5) is 0 Å². The number of amidine groups is 1. The Bertz CT molecular complexity index is 158. The first-order valence-electron chi connectivity index (χ1n) is 5.21. The summed E-state index contributed by atoms with van der Waals surface area (Å²) in [7, 11) is 0. The van der Waals surface area contributed by atoms with Crippen LogP contribution in [0.25, 0.3) is 0 Å². The van der Waals surface area contributed by atoms with Crippen molar-refractivity contribution in [2.75, 3.05) is 13.2 Å². The Hall–Kier alpha value is -0.770. The van der Waals surface area contributed by atoms with Gasteiger partial charge in [-0.1, -0.05) is 19.0 Å². The summed E-state index contributed by atoms with van der Waals surface area (Å²) in [6, 6.07) is 0. The summed E-state index contributed by atoms with van der Waals surface area (Å²) in [5.41, 5.74) is 5.31. The predicted octanol–water partition coefficient (Wildman–Crippen LogP) is 1.97. The maximum Gasteiger partial charge on any atom is 0.139 e. The Morgan fingerprint density at radius 1 is 1.36 bits per heavy atom. The van der Waals surface area contributed by atoms with E-state index in [1.807, 2.05) is 0 Å². The number of hydrogen-bond donors (Lipinski definition) is 2. The molecule has 0 spiro atoms. The molecule has 0 rings (SSSR count). The Kier molecular flexibility index (Phi) is 8.33. The van der Waals surface area contributed by atoms with Crippen molar-refractivity contribution < 1.29 is 9.94 Å². The summed E-state index contributed by atoms with van der Waals surface area (Å²) in [5, 5.41) is 11.2. The molecular formula is C10H22N2O2. The lowest BCUT2D eigenvalue weighted by molar-refractivity contribution is 0.120. The Balaban J connectivity index is 3.07. The van der Waals surface area contributed by atoms with Crippen molar-refractivity contribution >= 4 is 5.84 Å². The third-order valence-corrected chi connectivity index (χ3v) is 1.94. The molecular weight excluding hydrogens is 180 g/mol. The minimum absolute atomic E-state index is 0.298. The van der Waals surface area contributed by atoms with Gasteiger partial charge in [0.1, 0.15) is 5.84 Å². The molecule has 4 nitrogen and oxygen atoms in total. The predicted molar refractivity (Wildman–Crippen MR) is 57.5 cm³/mol. The molecule has 14 heavy (non-hydrogen) atoms. The molecule has 4 heteroatoms. The molecule has 84 valence electrons. The molecule has 0 saturated carbocycles. The molecule has 0 unspecified atom stereocenters. The van der Waals surface area contributed by atoms with Gasteiger partial charge in [0.15, 0.2) is 0 Å². The number of ether oxygens (including phenoxy) is 1. The summed E-state index contributed by atoms with van der Waals surface area (Å²) in [6.45, 7) is 5.97. The van der Waals surface area contributed by atoms with Crippen molar-refractivity contribution in [2.45, 2.75) is 39.5 Å². The van der Waals surface area contributed by atoms with Gasteiger partial charge in [-0.05, 0) is 25.2 Å². The van der Waals surface area contributed by atoms with Gasteiger partial charge in [0, 0.05) is 19.6 Å². The Morgan fingerprint density at radius 2 is 2.07 bits per heavy atom. The molecule has 0 aliphatic rings. The lowest BCUT2D eigenvalue weighted by atomic mass is 10.1. The van der Waals surface area contributed by atoms with Crippen LogP contribution in [0.15, 0.2) is 5.16 Å². The summed E-state index contributed by atoms with van der Waals surface area (Å²) in [5.74, 6) is 0.999. The highest BCUT2D eigenvalue weighted by molar-refractivity contribution is 5.79. The summed E-state index contributed by atoms with van der Waals surface area (Å²) in [4.78, 5) is 0. The fourth-order valence-corrected chi connectivity index (χ4v) is 0.981. The molecule has 0 amide bonds. The normalized spacial score (nSPS) is 12.4. The van der Waals surface area contributed by atoms with Crippen LogP contribution in [0.2, 0.25) is 0 Å². The second-order valence-electron chi connectivity index (χ2n) is 3.84. The Labute approximate surface area is 86.1 Å². The van der Waals surface area contributed by atoms with Gasteiger partial charge in [-0.2, -0.15) is 0 Å². The molecule has 0 aromatic rings. The van der Waals surface area contributed by atoms with E-state index in [9.17, 15) is 0 Å². The number of nitrogens with two attached hydrogens (primary N) is 1. The van der Waals surface area contributed by atoms with E-state index < -0.39 is 0 Å². The van der Waals surface area contributed by atoms with Crippen molar-refractivity contribution in [3.63, 3.8) is 0 Å². The van der Waals surface area contributed by atoms with E-state index in [0.717, 1.165) is 32.5 Å². The van der Waals surface area contributed by atoms with Crippen molar-refractivity contribution in [1.82, 2.24) is 0 Å². The van der Waals surface area contributed by atoms with Crippen LogP contribution in [-0.4, -0.2) is 24.3 Å². The van der Waals surface area contributed by atoms with E-state index in [1.54, 1.807) is 0 Å². The molecule has 0 aliphatic carbocycles. The van der Waals surface area contributed by atoms with Gasteiger partial charge in [-0.3, -0.25) is 0 Å². The number of rotatable bonds is 8. The van der Waals surface area contributed by atoms with Crippen LogP contribution in [0.5, 0.6) is 0 Å². The van der Waals surface area contributed by atoms with E-state index in [2.05, 4.69) is 19.0 Å². The fourth-order valence-electron chi connectivity index (χ4n) is 0.981. The van der Waals surface area contributed by atoms with Gasteiger partial charge in [-0.15, -0.1) is 0 Å². The zero-order valence-electron chi connectivity index (χ0n) is 9.20. The van der Waals surface area contributed by atoms with E-state index in [1.165, 1.54) is 0 Å². The monoisotopic (exact) mass is 202 g/mol. The first-order chi connectivity index (χ1) is 6.66. The highest BCUT2D eigenvalue weighted by atomic mass is 16.5. The topological polar surface area (TPSA) is 67.8 Å². The molecule has 0 heterocycles. The zero-order chi connectivity index (χ0) is 10.8. The van der Waals surface area contributed by atoms with E-state index in [4.69, 9.17) is 15.7 Å². The minimum Gasteiger partial charge on any atom is -0.409 e. The maximum absolute atomic E-state index is 8.27. The Morgan fingerprint density at radius 3 is 2.64 bits per heavy atom. The van der Waals surface area contributed by atoms with Gasteiger partial charge in [-0.25, -0.2) is 0 Å². The summed E-state index contributed by atoms with van der Waals surface area (Å²) >= 11 is 0. The molecule has 0 fully saturated rings. The van der Waals surface area contributed by atoms with E-state index >= 15 is 0 Å². The molecule has 0 bridgehead atoms. The zero-order valence-corrected chi connectivity index (χ0v) is 9.20. The highest BCUT2D eigenvalue weighted by Crippen LogP contribution is 2.00. The third-order valence-electron chi connectivity index (χ3n) is 1.94. The fraction of sp³-hybridized carbons (Fsp3) is 0.900. The van der Waals surface area contributed by atoms with Crippen molar-refractivity contribution in [3.8, 4) is 0 Å². The average Bonchev–Trinajstić information content (AvgIpc) is 2.15. The molecule has 0 aromatic heterocycles. The number of unbranched alkanes of at least 4 members (excludes halogenated alkanes) is 1. The molecule has 0 saturated heterocycles. The van der Waals surface area contributed by atoms with Gasteiger partial charge in [0.05, 0.1) is 0 Å². The smallest absolute Gasteiger partial charge is 0.139 e. The molecule has 0 aliphatic heterocycles. The van der Waals surface area contributed by atoms with Gasteiger partial charge < -0.3 is 15.7 Å². The lowest BCUT2D eigenvalue weighted by Crippen LogP contribution is -2.11. The second-order valence-corrected chi connectivity index (χ2v) is 3.84. The summed E-state index contributed by atoms with van der Waals surface area (Å²) < 4.78 is 5.42. The van der Waals surface area contributed by atoms with Crippen LogP contribution in [-0.2, 0) is 4.74 Å². The average molecular weight is 202 g/mol. The first kappa shape index (κ1) is 13.2. The van der Waals surface area contributed by atoms with E-state index in [0.29, 0.717) is 18.2 Å². The molecule has 0 atom stereocenters. The largest absolute Gasteiger partial charge is 0.409 e. The molecule has 3 N–H and O–H groups in total. The number of hydrogen-bond acceptors (Lipinski definition) is 3. The second kappa shape index (κ2) is 8.81. The van der Waals surface area contributed by atoms with Crippen molar-refractivity contribution in [2.24, 2.45) is 16.8 Å². The van der Waals surface area contributed by atoms with Crippen LogP contribution in [0, 0.1) is 5.92 Å². The standard InChI is InChI=1S/C10H22N2O2/c1-9(2)6-8-14-7-4-3-5-10(11)12-13/h9,13H,3-8H2,1-2H3,(H2,11,12). The van der Waals surface area contributed by atoms with Crippen molar-refractivity contribution in [3.05, 3.63) is 0 Å². The third kappa shape index (κ3) is 9.32. The SMILES string of the molecule is CC(C)CCOCCCCC(N)=NO. The maximum atomic E-state index is 8.27. The number of oxime groups is 1. The van der Waals surface area contributed by atoms with Gasteiger partial charge in [0.2, 0.25) is 0 Å². The minimum atomic E-state index is 0.298. The van der Waals surface area contributed by atoms with Crippen molar-refractivity contribution in [1.29, 1.82) is 0 Å². The van der Waals surface area contributed by atoms with E-state index in [-0.39, 0.29) is 0 Å². The highest BCUT2D eigenvalue weighted by Gasteiger charge is 1.95. The van der Waals surface area contributed by atoms with Crippen LogP contribution in [0.1, 0.15) is 39.5 Å². The van der Waals surface area contributed by atoms with Gasteiger partial charge in [0.25, 0.3) is 0 Å². The van der Waals surface area contributed by atoms with Crippen LogP contribution >= 0.6 is 0 Å². The molecule has 0 radical (unpaired) electrons. The first-order valence-corrected chi connectivity index (χ1v) is 5.21.